The lowest BCUT2D eigenvalue weighted by atomic mass is 10.3. The van der Waals surface area contributed by atoms with Crippen LogP contribution in [0.15, 0.2) is 17.1 Å². The van der Waals surface area contributed by atoms with Crippen molar-refractivity contribution in [2.24, 2.45) is 0 Å². The van der Waals surface area contributed by atoms with E-state index in [1.807, 2.05) is 0 Å². The molecule has 0 atom stereocenters. The molecule has 0 spiro atoms. The molecule has 0 aromatic carbocycles. The molecule has 0 aliphatic heterocycles. The van der Waals surface area contributed by atoms with Crippen molar-refractivity contribution in [2.45, 2.75) is 0 Å². The molecule has 58 valence electrons. The molecule has 0 fully saturated rings. The summed E-state index contributed by atoms with van der Waals surface area (Å²) in [4.78, 5) is 13.1. The second-order valence-electron chi connectivity index (χ2n) is 2.03. The Morgan fingerprint density at radius 1 is 1.58 bits per heavy atom. The van der Waals surface area contributed by atoms with E-state index < -0.39 is 0 Å². The normalized spacial score (nSPS) is 7.92. The number of pyridine rings is 1. The molecule has 0 unspecified atom stereocenters. The third-order valence-electron chi connectivity index (χ3n) is 1.19. The highest BCUT2D eigenvalue weighted by atomic mass is 16.1. The molecule has 0 radical (unpaired) electrons. The lowest BCUT2D eigenvalue weighted by molar-refractivity contribution is 1.23. The number of aromatic nitrogens is 1. The maximum atomic E-state index is 10.8. The second kappa shape index (κ2) is 3.27. The number of anilines is 1. The van der Waals surface area contributed by atoms with Crippen molar-refractivity contribution >= 4 is 5.69 Å². The molecule has 1 heterocycles. The Labute approximate surface area is 68.6 Å². The van der Waals surface area contributed by atoms with Gasteiger partial charge in [-0.05, 0) is 12.0 Å². The summed E-state index contributed by atoms with van der Waals surface area (Å²) in [7, 11) is 0. The van der Waals surface area contributed by atoms with Crippen LogP contribution in [0.3, 0.4) is 0 Å². The first-order chi connectivity index (χ1) is 5.74. The van der Waals surface area contributed by atoms with Crippen molar-refractivity contribution in [2.75, 3.05) is 5.73 Å². The van der Waals surface area contributed by atoms with E-state index in [1.165, 1.54) is 12.3 Å². The first-order valence-electron chi connectivity index (χ1n) is 3.12. The van der Waals surface area contributed by atoms with Gasteiger partial charge in [-0.2, -0.15) is 5.26 Å². The molecular formula is C8H5N3O. The van der Waals surface area contributed by atoms with Gasteiger partial charge in [0.1, 0.15) is 0 Å². The number of nitriles is 1. The van der Waals surface area contributed by atoms with Crippen LogP contribution in [0.5, 0.6) is 0 Å². The summed E-state index contributed by atoms with van der Waals surface area (Å²) in [5.41, 5.74) is 5.57. The summed E-state index contributed by atoms with van der Waals surface area (Å²) in [6, 6.07) is 3.08. The third-order valence-corrected chi connectivity index (χ3v) is 1.19. The number of nitrogen functional groups attached to an aromatic ring is 1. The van der Waals surface area contributed by atoms with E-state index in [1.54, 1.807) is 6.07 Å². The van der Waals surface area contributed by atoms with E-state index >= 15 is 0 Å². The van der Waals surface area contributed by atoms with Gasteiger partial charge in [0.2, 0.25) is 0 Å². The predicted molar refractivity (Wildman–Crippen MR) is 44.0 cm³/mol. The highest BCUT2D eigenvalue weighted by Crippen LogP contribution is 1.96. The van der Waals surface area contributed by atoms with E-state index in [-0.39, 0.29) is 11.2 Å². The second-order valence-corrected chi connectivity index (χ2v) is 2.03. The van der Waals surface area contributed by atoms with Gasteiger partial charge >= 0.3 is 0 Å². The Balaban J connectivity index is 3.16. The molecule has 0 saturated carbocycles. The molecular weight excluding hydrogens is 154 g/mol. The van der Waals surface area contributed by atoms with Crippen LogP contribution in [-0.4, -0.2) is 4.98 Å². The molecule has 12 heavy (non-hydrogen) atoms. The Morgan fingerprint density at radius 3 is 2.92 bits per heavy atom. The minimum Gasteiger partial charge on any atom is -0.394 e. The van der Waals surface area contributed by atoms with Gasteiger partial charge in [0.15, 0.2) is 6.07 Å². The molecule has 0 aliphatic carbocycles. The Bertz CT molecular complexity index is 442. The zero-order valence-corrected chi connectivity index (χ0v) is 6.09. The van der Waals surface area contributed by atoms with Crippen molar-refractivity contribution in [1.82, 2.24) is 4.98 Å². The largest absolute Gasteiger partial charge is 0.394 e. The van der Waals surface area contributed by atoms with Crippen LogP contribution in [0, 0.1) is 23.2 Å². The summed E-state index contributed by atoms with van der Waals surface area (Å²) in [5.74, 6) is 4.69. The van der Waals surface area contributed by atoms with Crippen LogP contribution >= 0.6 is 0 Å². The monoisotopic (exact) mass is 159 g/mol. The maximum absolute atomic E-state index is 10.8. The standard InChI is InChI=1S/C8H5N3O/c9-3-1-2-6-4-7(10)8(12)11-5-6/h4-5H,10H2,(H,11,12). The highest BCUT2D eigenvalue weighted by molar-refractivity contribution is 5.45. The molecule has 1 rings (SSSR count). The lowest BCUT2D eigenvalue weighted by Crippen LogP contribution is -2.10. The van der Waals surface area contributed by atoms with E-state index in [0.29, 0.717) is 5.56 Å². The van der Waals surface area contributed by atoms with Gasteiger partial charge in [-0.25, -0.2) is 0 Å². The first kappa shape index (κ1) is 7.90. The molecule has 0 aliphatic rings. The van der Waals surface area contributed by atoms with Crippen LogP contribution in [-0.2, 0) is 0 Å². The van der Waals surface area contributed by atoms with E-state index in [9.17, 15) is 4.79 Å². The average molecular weight is 159 g/mol. The van der Waals surface area contributed by atoms with Crippen LogP contribution in [0.25, 0.3) is 0 Å². The van der Waals surface area contributed by atoms with Gasteiger partial charge in [-0.3, -0.25) is 4.79 Å². The topological polar surface area (TPSA) is 82.7 Å². The number of H-pyrrole nitrogens is 1. The van der Waals surface area contributed by atoms with Gasteiger partial charge in [-0.1, -0.05) is 0 Å². The molecule has 3 N–H and O–H groups in total. The molecule has 4 nitrogen and oxygen atoms in total. The smallest absolute Gasteiger partial charge is 0.271 e. The predicted octanol–water partition coefficient (Wildman–Crippen LogP) is -0.168. The Morgan fingerprint density at radius 2 is 2.33 bits per heavy atom. The number of hydrogen-bond acceptors (Lipinski definition) is 3. The van der Waals surface area contributed by atoms with Crippen LogP contribution in [0.4, 0.5) is 5.69 Å². The van der Waals surface area contributed by atoms with Crippen molar-refractivity contribution in [3.05, 3.63) is 28.2 Å². The molecule has 1 aromatic heterocycles. The van der Waals surface area contributed by atoms with Crippen molar-refractivity contribution in [1.29, 1.82) is 5.26 Å². The highest BCUT2D eigenvalue weighted by Gasteiger charge is 1.92. The fraction of sp³-hybridized carbons (Fsp3) is 0. The SMILES string of the molecule is N#CC#Cc1c[nH]c(=O)c(N)c1. The van der Waals surface area contributed by atoms with Gasteiger partial charge in [0.25, 0.3) is 5.56 Å². The van der Waals surface area contributed by atoms with Crippen molar-refractivity contribution < 1.29 is 0 Å². The summed E-state index contributed by atoms with van der Waals surface area (Å²) in [6.07, 6.45) is 1.41. The zero-order chi connectivity index (χ0) is 8.97. The fourth-order valence-corrected chi connectivity index (χ4v) is 0.674. The fourth-order valence-electron chi connectivity index (χ4n) is 0.674. The Kier molecular flexibility index (Phi) is 2.15. The zero-order valence-electron chi connectivity index (χ0n) is 6.09. The van der Waals surface area contributed by atoms with Crippen molar-refractivity contribution in [3.8, 4) is 17.9 Å². The van der Waals surface area contributed by atoms with Gasteiger partial charge in [0.05, 0.1) is 5.69 Å². The number of aromatic amines is 1. The van der Waals surface area contributed by atoms with Crippen LogP contribution in [0.1, 0.15) is 5.56 Å². The van der Waals surface area contributed by atoms with Crippen LogP contribution < -0.4 is 11.3 Å². The summed E-state index contributed by atoms with van der Waals surface area (Å²) in [6.45, 7) is 0. The lowest BCUT2D eigenvalue weighted by Gasteiger charge is -1.90. The van der Waals surface area contributed by atoms with E-state index in [0.717, 1.165) is 0 Å². The van der Waals surface area contributed by atoms with Crippen LogP contribution in [0.2, 0.25) is 0 Å². The Hall–Kier alpha value is -2.20. The number of hydrogen-bond donors (Lipinski definition) is 2. The molecule has 0 amide bonds. The minimum atomic E-state index is -0.350. The van der Waals surface area contributed by atoms with E-state index in [4.69, 9.17) is 11.0 Å². The number of nitrogens with one attached hydrogen (secondary N) is 1. The van der Waals surface area contributed by atoms with Gasteiger partial charge < -0.3 is 10.7 Å². The summed E-state index contributed by atoms with van der Waals surface area (Å²) in [5, 5.41) is 8.12. The maximum Gasteiger partial charge on any atom is 0.271 e. The van der Waals surface area contributed by atoms with Gasteiger partial charge in [0, 0.05) is 17.7 Å². The third kappa shape index (κ3) is 1.65. The first-order valence-corrected chi connectivity index (χ1v) is 3.12. The summed E-state index contributed by atoms with van der Waals surface area (Å²) >= 11 is 0. The number of rotatable bonds is 0. The van der Waals surface area contributed by atoms with Crippen molar-refractivity contribution in [3.63, 3.8) is 0 Å². The molecule has 0 bridgehead atoms. The quantitative estimate of drug-likeness (QED) is 0.515. The van der Waals surface area contributed by atoms with Gasteiger partial charge in [-0.15, -0.1) is 0 Å². The summed E-state index contributed by atoms with van der Waals surface area (Å²) < 4.78 is 0. The average Bonchev–Trinajstić information content (AvgIpc) is 2.07. The molecule has 4 heteroatoms. The minimum absolute atomic E-state index is 0.0970. The molecule has 0 saturated heterocycles. The number of nitrogens with zero attached hydrogens (tertiary/aromatic N) is 1. The number of nitrogens with two attached hydrogens (primary N) is 1. The molecule has 1 aromatic rings. The van der Waals surface area contributed by atoms with E-state index in [2.05, 4.69) is 16.8 Å².